The van der Waals surface area contributed by atoms with Gasteiger partial charge < -0.3 is 14.7 Å². The van der Waals surface area contributed by atoms with Gasteiger partial charge in [0, 0.05) is 42.7 Å². The van der Waals surface area contributed by atoms with Crippen LogP contribution in [-0.4, -0.2) is 50.4 Å². The Labute approximate surface area is 225 Å². The van der Waals surface area contributed by atoms with Crippen molar-refractivity contribution in [1.29, 1.82) is 5.26 Å². The molecular formula is C28H28ClN7O2. The van der Waals surface area contributed by atoms with Gasteiger partial charge in [0.2, 0.25) is 0 Å². The van der Waals surface area contributed by atoms with Crippen LogP contribution in [0.5, 0.6) is 5.75 Å². The van der Waals surface area contributed by atoms with Gasteiger partial charge in [-0.2, -0.15) is 10.4 Å². The van der Waals surface area contributed by atoms with Crippen LogP contribution in [0, 0.1) is 23.2 Å². The van der Waals surface area contributed by atoms with Gasteiger partial charge in [-0.1, -0.05) is 11.6 Å². The molecule has 1 aliphatic carbocycles. The van der Waals surface area contributed by atoms with Crippen molar-refractivity contribution >= 4 is 22.9 Å². The van der Waals surface area contributed by atoms with Crippen molar-refractivity contribution < 1.29 is 9.84 Å². The number of pyridine rings is 3. The summed E-state index contributed by atoms with van der Waals surface area (Å²) in [7, 11) is 0. The second kappa shape index (κ2) is 10.2. The van der Waals surface area contributed by atoms with Gasteiger partial charge in [-0.3, -0.25) is 10.3 Å². The first kappa shape index (κ1) is 24.6. The van der Waals surface area contributed by atoms with Crippen molar-refractivity contribution in [2.45, 2.75) is 32.0 Å². The molecule has 1 unspecified atom stereocenters. The van der Waals surface area contributed by atoms with Crippen molar-refractivity contribution in [3.05, 3.63) is 71.4 Å². The number of nitrogens with zero attached hydrogens (tertiary/aromatic N) is 6. The number of nitrogens with one attached hydrogen (secondary N) is 1. The zero-order valence-corrected chi connectivity index (χ0v) is 21.7. The third-order valence-corrected chi connectivity index (χ3v) is 7.91. The number of aliphatic hydroxyl groups excluding tert-OH is 1. The highest BCUT2D eigenvalue weighted by molar-refractivity contribution is 6.31. The fourth-order valence-corrected chi connectivity index (χ4v) is 6.13. The second-order valence-corrected chi connectivity index (χ2v) is 10.3. The number of rotatable bonds is 7. The fraction of sp³-hybridized carbons (Fsp3) is 0.357. The lowest BCUT2D eigenvalue weighted by Crippen LogP contribution is -2.33. The van der Waals surface area contributed by atoms with Crippen LogP contribution in [0.4, 0.5) is 5.82 Å². The van der Waals surface area contributed by atoms with E-state index in [0.717, 1.165) is 48.4 Å². The molecule has 4 atom stereocenters. The lowest BCUT2D eigenvalue weighted by Gasteiger charge is -2.23. The topological polar surface area (TPSA) is 112 Å². The fourth-order valence-electron chi connectivity index (χ4n) is 5.90. The third kappa shape index (κ3) is 4.56. The molecule has 0 aromatic carbocycles. The molecule has 4 aromatic heterocycles. The molecular weight excluding hydrogens is 502 g/mol. The van der Waals surface area contributed by atoms with Crippen LogP contribution >= 0.6 is 11.6 Å². The van der Waals surface area contributed by atoms with Crippen LogP contribution in [0.2, 0.25) is 5.02 Å². The highest BCUT2D eigenvalue weighted by atomic mass is 35.5. The summed E-state index contributed by atoms with van der Waals surface area (Å²) in [6.07, 6.45) is 7.97. The van der Waals surface area contributed by atoms with E-state index in [-0.39, 0.29) is 6.04 Å². The molecule has 1 saturated carbocycles. The molecule has 0 spiro atoms. The highest BCUT2D eigenvalue weighted by Crippen LogP contribution is 2.40. The number of ether oxygens (including phenoxy) is 1. The summed E-state index contributed by atoms with van der Waals surface area (Å²) in [6, 6.07) is 12.0. The molecule has 5 heterocycles. The van der Waals surface area contributed by atoms with E-state index in [1.807, 2.05) is 31.3 Å². The number of nitriles is 1. The number of aromatic nitrogens is 4. The highest BCUT2D eigenvalue weighted by Gasteiger charge is 2.41. The Morgan fingerprint density at radius 2 is 2.03 bits per heavy atom. The van der Waals surface area contributed by atoms with Crippen LogP contribution in [0.3, 0.4) is 0 Å². The maximum absolute atomic E-state index is 10.6. The number of aliphatic hydroxyl groups is 1. The molecule has 2 N–H and O–H groups in total. The number of halogens is 1. The summed E-state index contributed by atoms with van der Waals surface area (Å²) in [5.74, 6) is 2.71. The second-order valence-electron chi connectivity index (χ2n) is 9.92. The molecule has 0 amide bonds. The quantitative estimate of drug-likeness (QED) is 0.342. The summed E-state index contributed by atoms with van der Waals surface area (Å²) in [5, 5.41) is 28.3. The smallest absolute Gasteiger partial charge is 0.149 e. The van der Waals surface area contributed by atoms with Crippen LogP contribution in [0.15, 0.2) is 55.1 Å². The van der Waals surface area contributed by atoms with E-state index in [1.165, 1.54) is 0 Å². The first-order valence-corrected chi connectivity index (χ1v) is 13.2. The average Bonchev–Trinajstić information content (AvgIpc) is 3.62. The maximum Gasteiger partial charge on any atom is 0.149 e. The molecule has 1 saturated heterocycles. The SMILES string of the molecule is CCOc1cc(-c2ccc(N3C[C@H]4C[C@@H](NC(O)c5ncccc5Cl)C[C@H]4C3)nc2)c2c(C#N)cnn2c1. The Bertz CT molecular complexity index is 1490. The minimum absolute atomic E-state index is 0.223. The first-order valence-electron chi connectivity index (χ1n) is 12.8. The van der Waals surface area contributed by atoms with Gasteiger partial charge >= 0.3 is 0 Å². The predicted molar refractivity (Wildman–Crippen MR) is 144 cm³/mol. The summed E-state index contributed by atoms with van der Waals surface area (Å²) in [6.45, 7) is 4.34. The molecule has 38 heavy (non-hydrogen) atoms. The van der Waals surface area contributed by atoms with Gasteiger partial charge in [-0.05, 0) is 61.9 Å². The van der Waals surface area contributed by atoms with Crippen molar-refractivity contribution in [1.82, 2.24) is 24.9 Å². The van der Waals surface area contributed by atoms with Gasteiger partial charge in [0.15, 0.2) is 0 Å². The Morgan fingerprint density at radius 3 is 2.71 bits per heavy atom. The summed E-state index contributed by atoms with van der Waals surface area (Å²) in [5.41, 5.74) is 3.50. The molecule has 0 radical (unpaired) electrons. The third-order valence-electron chi connectivity index (χ3n) is 7.59. The lowest BCUT2D eigenvalue weighted by molar-refractivity contribution is 0.118. The van der Waals surface area contributed by atoms with Gasteiger partial charge in [0.05, 0.1) is 35.1 Å². The molecule has 10 heteroatoms. The van der Waals surface area contributed by atoms with Crippen LogP contribution in [0.1, 0.15) is 37.3 Å². The Hall–Kier alpha value is -3.71. The van der Waals surface area contributed by atoms with E-state index in [0.29, 0.717) is 40.5 Å². The molecule has 6 rings (SSSR count). The zero-order chi connectivity index (χ0) is 26.2. The number of anilines is 1. The molecule has 1 aliphatic heterocycles. The Morgan fingerprint density at radius 1 is 1.21 bits per heavy atom. The van der Waals surface area contributed by atoms with E-state index < -0.39 is 6.23 Å². The molecule has 9 nitrogen and oxygen atoms in total. The normalized spacial score (nSPS) is 21.4. The van der Waals surface area contributed by atoms with Gasteiger partial charge in [-0.25, -0.2) is 9.50 Å². The maximum atomic E-state index is 10.6. The van der Waals surface area contributed by atoms with Gasteiger partial charge in [-0.15, -0.1) is 0 Å². The largest absolute Gasteiger partial charge is 0.492 e. The Kier molecular flexibility index (Phi) is 6.62. The van der Waals surface area contributed by atoms with E-state index in [9.17, 15) is 10.4 Å². The summed E-state index contributed by atoms with van der Waals surface area (Å²) in [4.78, 5) is 11.4. The van der Waals surface area contributed by atoms with E-state index in [4.69, 9.17) is 21.3 Å². The molecule has 0 bridgehead atoms. The van der Waals surface area contributed by atoms with Crippen molar-refractivity contribution in [2.24, 2.45) is 11.8 Å². The minimum Gasteiger partial charge on any atom is -0.492 e. The van der Waals surface area contributed by atoms with Crippen LogP contribution < -0.4 is 15.0 Å². The molecule has 2 fully saturated rings. The minimum atomic E-state index is -0.872. The van der Waals surface area contributed by atoms with Crippen molar-refractivity contribution in [3.63, 3.8) is 0 Å². The number of hydrogen-bond acceptors (Lipinski definition) is 8. The Balaban J connectivity index is 1.15. The van der Waals surface area contributed by atoms with E-state index in [2.05, 4.69) is 26.4 Å². The van der Waals surface area contributed by atoms with Crippen LogP contribution in [0.25, 0.3) is 16.6 Å². The standard InChI is InChI=1S/C28H28ClN7O2/c1-2-38-22-10-23(27-20(11-30)13-33-36(27)16-22)17-5-6-25(32-12-17)35-14-18-8-21(9-19(18)15-35)34-28(37)26-24(29)4-3-7-31-26/h3-7,10,12-13,16,18-19,21,28,34,37H,2,8-9,14-15H2,1H3/t18-,19+,21-,28?. The van der Waals surface area contributed by atoms with Crippen LogP contribution in [-0.2, 0) is 0 Å². The van der Waals surface area contributed by atoms with Crippen molar-refractivity contribution in [2.75, 3.05) is 24.6 Å². The van der Waals surface area contributed by atoms with E-state index in [1.54, 1.807) is 35.2 Å². The predicted octanol–water partition coefficient (Wildman–Crippen LogP) is 4.21. The molecule has 4 aromatic rings. The van der Waals surface area contributed by atoms with Gasteiger partial charge in [0.25, 0.3) is 0 Å². The number of fused-ring (bicyclic) bond motifs is 2. The zero-order valence-electron chi connectivity index (χ0n) is 21.0. The molecule has 2 aliphatic rings. The van der Waals surface area contributed by atoms with Crippen molar-refractivity contribution in [3.8, 4) is 22.9 Å². The monoisotopic (exact) mass is 529 g/mol. The van der Waals surface area contributed by atoms with E-state index >= 15 is 0 Å². The summed E-state index contributed by atoms with van der Waals surface area (Å²) >= 11 is 6.20. The number of hydrogen-bond donors (Lipinski definition) is 2. The molecule has 194 valence electrons. The lowest BCUT2D eigenvalue weighted by atomic mass is 10.0. The summed E-state index contributed by atoms with van der Waals surface area (Å²) < 4.78 is 7.42. The van der Waals surface area contributed by atoms with Gasteiger partial charge in [0.1, 0.15) is 29.6 Å². The average molecular weight is 530 g/mol. The first-order chi connectivity index (χ1) is 18.5.